The largest absolute Gasteiger partial charge is 0.338 e. The Kier molecular flexibility index (Phi) is 4.37. The topological polar surface area (TPSA) is 35.5 Å². The highest BCUT2D eigenvalue weighted by molar-refractivity contribution is 5.35. The van der Waals surface area contributed by atoms with Crippen molar-refractivity contribution in [3.8, 4) is 0 Å². The first-order valence-corrected chi connectivity index (χ1v) is 8.54. The van der Waals surface area contributed by atoms with Crippen molar-refractivity contribution in [2.75, 3.05) is 44.2 Å². The van der Waals surface area contributed by atoms with E-state index < -0.39 is 0 Å². The fraction of sp³-hybridized carbons (Fsp3) is 0.765. The molecule has 0 aliphatic carbocycles. The lowest BCUT2D eigenvalue weighted by atomic mass is 10.1. The van der Waals surface area contributed by atoms with Crippen LogP contribution in [0, 0.1) is 0 Å². The number of likely N-dealkylation sites (N-methyl/N-ethyl adjacent to an activating group) is 1. The molecule has 122 valence electrons. The van der Waals surface area contributed by atoms with E-state index in [1.54, 1.807) is 0 Å². The number of piperazine rings is 1. The summed E-state index contributed by atoms with van der Waals surface area (Å²) in [5.74, 6) is 0.928. The molecule has 3 rings (SSSR count). The molecule has 5 nitrogen and oxygen atoms in total. The van der Waals surface area contributed by atoms with Gasteiger partial charge in [-0.1, -0.05) is 6.92 Å². The predicted octanol–water partition coefficient (Wildman–Crippen LogP) is 1.78. The molecule has 0 saturated carbocycles. The Labute approximate surface area is 134 Å². The molecule has 5 heteroatoms. The molecular weight excluding hydrogens is 274 g/mol. The summed E-state index contributed by atoms with van der Waals surface area (Å²) in [5.41, 5.74) is 2.82. The number of hydrogen-bond donors (Lipinski definition) is 0. The molecule has 0 unspecified atom stereocenters. The molecule has 3 heterocycles. The summed E-state index contributed by atoms with van der Waals surface area (Å²) in [7, 11) is 0. The van der Waals surface area contributed by atoms with Gasteiger partial charge in [0.1, 0.15) is 0 Å². The van der Waals surface area contributed by atoms with Crippen LogP contribution in [-0.4, -0.2) is 64.6 Å². The molecule has 0 amide bonds. The van der Waals surface area contributed by atoms with Crippen LogP contribution < -0.4 is 4.90 Å². The molecule has 0 aromatic carbocycles. The van der Waals surface area contributed by atoms with Gasteiger partial charge in [-0.2, -0.15) is 0 Å². The van der Waals surface area contributed by atoms with Gasteiger partial charge in [0.05, 0.1) is 5.69 Å². The van der Waals surface area contributed by atoms with Crippen molar-refractivity contribution in [1.82, 2.24) is 19.8 Å². The number of anilines is 1. The summed E-state index contributed by atoms with van der Waals surface area (Å²) in [6, 6.07) is 0. The summed E-state index contributed by atoms with van der Waals surface area (Å²) in [6.07, 6.45) is 3.11. The number of fused-ring (bicyclic) bond motifs is 1. The van der Waals surface area contributed by atoms with E-state index in [4.69, 9.17) is 4.98 Å². The van der Waals surface area contributed by atoms with Gasteiger partial charge in [0.15, 0.2) is 0 Å². The average molecular weight is 303 g/mol. The third-order valence-electron chi connectivity index (χ3n) is 4.96. The number of aromatic nitrogens is 2. The highest BCUT2D eigenvalue weighted by atomic mass is 15.3. The Balaban J connectivity index is 1.67. The van der Waals surface area contributed by atoms with E-state index in [9.17, 15) is 0 Å². The van der Waals surface area contributed by atoms with Crippen molar-refractivity contribution in [1.29, 1.82) is 0 Å². The Morgan fingerprint density at radius 1 is 1.09 bits per heavy atom. The van der Waals surface area contributed by atoms with E-state index >= 15 is 0 Å². The van der Waals surface area contributed by atoms with Crippen molar-refractivity contribution in [3.05, 3.63) is 17.5 Å². The lowest BCUT2D eigenvalue weighted by Gasteiger charge is -2.42. The normalized spacial score (nSPS) is 21.0. The van der Waals surface area contributed by atoms with Gasteiger partial charge in [-0.05, 0) is 27.3 Å². The van der Waals surface area contributed by atoms with Crippen molar-refractivity contribution >= 4 is 5.95 Å². The summed E-state index contributed by atoms with van der Waals surface area (Å²) < 4.78 is 0. The standard InChI is InChI=1S/C17H29N5/c1-5-20-7-6-15-14(13-20)12-18-16(19-15)21-8-10-22(11-9-21)17(2,3)4/h12H,5-11,13H2,1-4H3. The molecule has 0 N–H and O–H groups in total. The predicted molar refractivity (Wildman–Crippen MR) is 90.2 cm³/mol. The molecule has 0 spiro atoms. The van der Waals surface area contributed by atoms with Gasteiger partial charge in [-0.3, -0.25) is 9.80 Å². The zero-order valence-electron chi connectivity index (χ0n) is 14.5. The van der Waals surface area contributed by atoms with Crippen LogP contribution in [-0.2, 0) is 13.0 Å². The third kappa shape index (κ3) is 3.25. The van der Waals surface area contributed by atoms with E-state index in [1.807, 2.05) is 0 Å². The molecule has 1 aromatic heterocycles. The van der Waals surface area contributed by atoms with Crippen molar-refractivity contribution in [2.24, 2.45) is 0 Å². The van der Waals surface area contributed by atoms with Crippen LogP contribution in [0.4, 0.5) is 5.95 Å². The maximum absolute atomic E-state index is 4.86. The molecule has 0 atom stereocenters. The van der Waals surface area contributed by atoms with Gasteiger partial charge in [-0.15, -0.1) is 0 Å². The van der Waals surface area contributed by atoms with Crippen LogP contribution in [0.3, 0.4) is 0 Å². The van der Waals surface area contributed by atoms with Crippen LogP contribution in [0.5, 0.6) is 0 Å². The smallest absolute Gasteiger partial charge is 0.225 e. The maximum Gasteiger partial charge on any atom is 0.225 e. The number of hydrogen-bond acceptors (Lipinski definition) is 5. The second-order valence-electron chi connectivity index (χ2n) is 7.41. The highest BCUT2D eigenvalue weighted by Crippen LogP contribution is 2.21. The van der Waals surface area contributed by atoms with Gasteiger partial charge < -0.3 is 4.90 Å². The number of nitrogens with zero attached hydrogens (tertiary/aromatic N) is 5. The van der Waals surface area contributed by atoms with Crippen LogP contribution >= 0.6 is 0 Å². The maximum atomic E-state index is 4.86. The molecule has 22 heavy (non-hydrogen) atoms. The second kappa shape index (κ2) is 6.13. The van der Waals surface area contributed by atoms with Crippen molar-refractivity contribution < 1.29 is 0 Å². The molecule has 0 radical (unpaired) electrons. The molecule has 1 aromatic rings. The van der Waals surface area contributed by atoms with Crippen LogP contribution in [0.2, 0.25) is 0 Å². The molecule has 1 fully saturated rings. The van der Waals surface area contributed by atoms with Gasteiger partial charge >= 0.3 is 0 Å². The second-order valence-corrected chi connectivity index (χ2v) is 7.41. The summed E-state index contributed by atoms with van der Waals surface area (Å²) in [6.45, 7) is 16.6. The van der Waals surface area contributed by atoms with Gasteiger partial charge in [0.25, 0.3) is 0 Å². The van der Waals surface area contributed by atoms with Crippen molar-refractivity contribution in [3.63, 3.8) is 0 Å². The van der Waals surface area contributed by atoms with E-state index in [2.05, 4.69) is 53.6 Å². The summed E-state index contributed by atoms with van der Waals surface area (Å²) in [5, 5.41) is 0. The summed E-state index contributed by atoms with van der Waals surface area (Å²) in [4.78, 5) is 16.8. The van der Waals surface area contributed by atoms with E-state index in [1.165, 1.54) is 11.3 Å². The number of rotatable bonds is 2. The van der Waals surface area contributed by atoms with Gasteiger partial charge in [0.2, 0.25) is 5.95 Å². The molecule has 2 aliphatic heterocycles. The zero-order chi connectivity index (χ0) is 15.7. The third-order valence-corrected chi connectivity index (χ3v) is 4.96. The first-order chi connectivity index (χ1) is 10.5. The Morgan fingerprint density at radius 2 is 1.82 bits per heavy atom. The Bertz CT molecular complexity index is 514. The molecular formula is C17H29N5. The molecule has 0 bridgehead atoms. The SMILES string of the molecule is CCN1CCc2nc(N3CCN(C(C)(C)C)CC3)ncc2C1. The van der Waals surface area contributed by atoms with E-state index in [0.29, 0.717) is 0 Å². The Hall–Kier alpha value is -1.20. The first kappa shape index (κ1) is 15.7. The van der Waals surface area contributed by atoms with Crippen LogP contribution in [0.25, 0.3) is 0 Å². The monoisotopic (exact) mass is 303 g/mol. The zero-order valence-corrected chi connectivity index (χ0v) is 14.5. The fourth-order valence-corrected chi connectivity index (χ4v) is 3.36. The molecule has 1 saturated heterocycles. The van der Waals surface area contributed by atoms with Crippen molar-refractivity contribution in [2.45, 2.75) is 46.2 Å². The average Bonchev–Trinajstić information content (AvgIpc) is 2.53. The minimum Gasteiger partial charge on any atom is -0.338 e. The Morgan fingerprint density at radius 3 is 2.45 bits per heavy atom. The van der Waals surface area contributed by atoms with Gasteiger partial charge in [0, 0.05) is 63.0 Å². The lowest BCUT2D eigenvalue weighted by Crippen LogP contribution is -2.53. The summed E-state index contributed by atoms with van der Waals surface area (Å²) >= 11 is 0. The van der Waals surface area contributed by atoms with Gasteiger partial charge in [-0.25, -0.2) is 9.97 Å². The minimum absolute atomic E-state index is 0.256. The quantitative estimate of drug-likeness (QED) is 0.832. The van der Waals surface area contributed by atoms with E-state index in [-0.39, 0.29) is 5.54 Å². The fourth-order valence-electron chi connectivity index (χ4n) is 3.36. The van der Waals surface area contributed by atoms with E-state index in [0.717, 1.165) is 58.2 Å². The first-order valence-electron chi connectivity index (χ1n) is 8.54. The van der Waals surface area contributed by atoms with Crippen LogP contribution in [0.1, 0.15) is 39.0 Å². The van der Waals surface area contributed by atoms with Crippen LogP contribution in [0.15, 0.2) is 6.20 Å². The molecule has 2 aliphatic rings. The minimum atomic E-state index is 0.256. The lowest BCUT2D eigenvalue weighted by molar-refractivity contribution is 0.128. The highest BCUT2D eigenvalue weighted by Gasteiger charge is 2.27.